The number of nitrogens with zero attached hydrogens (tertiary/aromatic N) is 1. The zero-order valence-electron chi connectivity index (χ0n) is 11.1. The SMILES string of the molecule is CC(=O)[C@@H](N)Cc1ccc(N(CCCl)CCCl)cc1. The predicted octanol–water partition coefficient (Wildman–Crippen LogP) is 2.43. The Morgan fingerprint density at radius 3 is 2.16 bits per heavy atom. The molecule has 0 saturated carbocycles. The molecule has 0 amide bonds. The second-order valence-electron chi connectivity index (χ2n) is 4.45. The Kier molecular flexibility index (Phi) is 7.21. The van der Waals surface area contributed by atoms with E-state index < -0.39 is 6.04 Å². The third-order valence-electron chi connectivity index (χ3n) is 2.99. The minimum atomic E-state index is -0.423. The first kappa shape index (κ1) is 16.3. The van der Waals surface area contributed by atoms with Crippen LogP contribution in [0, 0.1) is 0 Å². The lowest BCUT2D eigenvalue weighted by Crippen LogP contribution is -2.30. The summed E-state index contributed by atoms with van der Waals surface area (Å²) in [6.45, 7) is 3.04. The molecular weight excluding hydrogens is 283 g/mol. The summed E-state index contributed by atoms with van der Waals surface area (Å²) in [5, 5.41) is 0. The number of Topliss-reactive ketones (excluding diaryl/α,β-unsaturated/α-hetero) is 1. The van der Waals surface area contributed by atoms with Gasteiger partial charge in [0.15, 0.2) is 0 Å². The number of nitrogens with two attached hydrogens (primary N) is 1. The zero-order valence-corrected chi connectivity index (χ0v) is 12.6. The van der Waals surface area contributed by atoms with Gasteiger partial charge in [0, 0.05) is 30.5 Å². The topological polar surface area (TPSA) is 46.3 Å². The second kappa shape index (κ2) is 8.41. The first-order valence-electron chi connectivity index (χ1n) is 6.30. The minimum Gasteiger partial charge on any atom is -0.369 e. The van der Waals surface area contributed by atoms with E-state index in [-0.39, 0.29) is 5.78 Å². The lowest BCUT2D eigenvalue weighted by Gasteiger charge is -2.23. The highest BCUT2D eigenvalue weighted by molar-refractivity contribution is 6.18. The van der Waals surface area contributed by atoms with Gasteiger partial charge >= 0.3 is 0 Å². The van der Waals surface area contributed by atoms with E-state index in [1.54, 1.807) is 0 Å². The monoisotopic (exact) mass is 302 g/mol. The lowest BCUT2D eigenvalue weighted by molar-refractivity contribution is -0.118. The first-order chi connectivity index (χ1) is 9.08. The van der Waals surface area contributed by atoms with Gasteiger partial charge in [0.1, 0.15) is 5.78 Å². The molecular formula is C14H20Cl2N2O. The van der Waals surface area contributed by atoms with Crippen LogP contribution in [0.1, 0.15) is 12.5 Å². The fourth-order valence-electron chi connectivity index (χ4n) is 1.81. The Hall–Kier alpha value is -0.770. The van der Waals surface area contributed by atoms with Crippen LogP contribution < -0.4 is 10.6 Å². The third kappa shape index (κ3) is 5.39. The van der Waals surface area contributed by atoms with Crippen LogP contribution in [0.2, 0.25) is 0 Å². The molecule has 0 aliphatic carbocycles. The Morgan fingerprint density at radius 1 is 1.21 bits per heavy atom. The molecule has 0 unspecified atom stereocenters. The molecule has 19 heavy (non-hydrogen) atoms. The number of carbonyl (C=O) groups is 1. The van der Waals surface area contributed by atoms with Crippen LogP contribution in [-0.4, -0.2) is 36.7 Å². The molecule has 106 valence electrons. The summed E-state index contributed by atoms with van der Waals surface area (Å²) in [6.07, 6.45) is 0.570. The van der Waals surface area contributed by atoms with Gasteiger partial charge in [-0.2, -0.15) is 0 Å². The fourth-order valence-corrected chi connectivity index (χ4v) is 2.22. The third-order valence-corrected chi connectivity index (χ3v) is 3.33. The quantitative estimate of drug-likeness (QED) is 0.750. The molecule has 5 heteroatoms. The van der Waals surface area contributed by atoms with Gasteiger partial charge in [-0.15, -0.1) is 23.2 Å². The molecule has 0 bridgehead atoms. The highest BCUT2D eigenvalue weighted by Crippen LogP contribution is 2.16. The average molecular weight is 303 g/mol. The largest absolute Gasteiger partial charge is 0.369 e. The van der Waals surface area contributed by atoms with Crippen molar-refractivity contribution in [1.29, 1.82) is 0 Å². The summed E-state index contributed by atoms with van der Waals surface area (Å²) in [5.74, 6) is 1.14. The van der Waals surface area contributed by atoms with E-state index in [2.05, 4.69) is 4.90 Å². The molecule has 1 atom stereocenters. The fraction of sp³-hybridized carbons (Fsp3) is 0.500. The Balaban J connectivity index is 2.71. The van der Waals surface area contributed by atoms with Gasteiger partial charge in [-0.3, -0.25) is 4.79 Å². The maximum absolute atomic E-state index is 11.1. The number of benzene rings is 1. The van der Waals surface area contributed by atoms with E-state index in [1.165, 1.54) is 6.92 Å². The average Bonchev–Trinajstić information content (AvgIpc) is 2.39. The van der Waals surface area contributed by atoms with Gasteiger partial charge in [0.25, 0.3) is 0 Å². The van der Waals surface area contributed by atoms with Gasteiger partial charge in [0.2, 0.25) is 0 Å². The van der Waals surface area contributed by atoms with Gasteiger partial charge in [-0.05, 0) is 31.0 Å². The van der Waals surface area contributed by atoms with Crippen molar-refractivity contribution < 1.29 is 4.79 Å². The molecule has 0 fully saturated rings. The number of ketones is 1. The smallest absolute Gasteiger partial charge is 0.146 e. The number of hydrogen-bond donors (Lipinski definition) is 1. The van der Waals surface area contributed by atoms with E-state index in [0.717, 1.165) is 24.3 Å². The molecule has 0 saturated heterocycles. The van der Waals surface area contributed by atoms with Crippen LogP contribution in [0.15, 0.2) is 24.3 Å². The summed E-state index contributed by atoms with van der Waals surface area (Å²) < 4.78 is 0. The number of rotatable bonds is 8. The summed E-state index contributed by atoms with van der Waals surface area (Å²) in [4.78, 5) is 13.3. The highest BCUT2D eigenvalue weighted by atomic mass is 35.5. The molecule has 0 radical (unpaired) electrons. The predicted molar refractivity (Wildman–Crippen MR) is 82.5 cm³/mol. The lowest BCUT2D eigenvalue weighted by atomic mass is 10.0. The van der Waals surface area contributed by atoms with Gasteiger partial charge in [-0.1, -0.05) is 12.1 Å². The van der Waals surface area contributed by atoms with Crippen molar-refractivity contribution in [3.63, 3.8) is 0 Å². The van der Waals surface area contributed by atoms with E-state index in [0.29, 0.717) is 18.2 Å². The maximum atomic E-state index is 11.1. The number of alkyl halides is 2. The summed E-state index contributed by atoms with van der Waals surface area (Å²) >= 11 is 11.6. The second-order valence-corrected chi connectivity index (χ2v) is 5.21. The minimum absolute atomic E-state index is 0.00924. The molecule has 0 heterocycles. The van der Waals surface area contributed by atoms with Crippen molar-refractivity contribution in [2.24, 2.45) is 5.73 Å². The molecule has 0 aromatic heterocycles. The Morgan fingerprint density at radius 2 is 1.74 bits per heavy atom. The van der Waals surface area contributed by atoms with Crippen LogP contribution in [-0.2, 0) is 11.2 Å². The number of anilines is 1. The summed E-state index contributed by atoms with van der Waals surface area (Å²) in [7, 11) is 0. The van der Waals surface area contributed by atoms with Crippen LogP contribution in [0.25, 0.3) is 0 Å². The van der Waals surface area contributed by atoms with E-state index in [1.807, 2.05) is 24.3 Å². The Labute approximate surface area is 124 Å². The van der Waals surface area contributed by atoms with Crippen molar-refractivity contribution in [2.45, 2.75) is 19.4 Å². The maximum Gasteiger partial charge on any atom is 0.146 e. The van der Waals surface area contributed by atoms with Crippen molar-refractivity contribution in [3.05, 3.63) is 29.8 Å². The van der Waals surface area contributed by atoms with Crippen LogP contribution in [0.3, 0.4) is 0 Å². The van der Waals surface area contributed by atoms with Crippen molar-refractivity contribution in [1.82, 2.24) is 0 Å². The van der Waals surface area contributed by atoms with E-state index in [9.17, 15) is 4.79 Å². The van der Waals surface area contributed by atoms with E-state index >= 15 is 0 Å². The van der Waals surface area contributed by atoms with Crippen LogP contribution >= 0.6 is 23.2 Å². The van der Waals surface area contributed by atoms with Crippen molar-refractivity contribution in [2.75, 3.05) is 29.7 Å². The molecule has 1 aromatic carbocycles. The molecule has 2 N–H and O–H groups in total. The van der Waals surface area contributed by atoms with Crippen molar-refractivity contribution >= 4 is 34.7 Å². The van der Waals surface area contributed by atoms with Crippen LogP contribution in [0.4, 0.5) is 5.69 Å². The Bertz CT molecular complexity index is 389. The first-order valence-corrected chi connectivity index (χ1v) is 7.37. The molecule has 1 rings (SSSR count). The molecule has 3 nitrogen and oxygen atoms in total. The van der Waals surface area contributed by atoms with Gasteiger partial charge < -0.3 is 10.6 Å². The number of carbonyl (C=O) groups excluding carboxylic acids is 1. The molecule has 0 spiro atoms. The summed E-state index contributed by atoms with van der Waals surface area (Å²) in [6, 6.07) is 7.59. The normalized spacial score (nSPS) is 12.2. The van der Waals surface area contributed by atoms with Gasteiger partial charge in [-0.25, -0.2) is 0 Å². The molecule has 0 aliphatic rings. The van der Waals surface area contributed by atoms with E-state index in [4.69, 9.17) is 28.9 Å². The zero-order chi connectivity index (χ0) is 14.3. The number of halogens is 2. The van der Waals surface area contributed by atoms with Crippen LogP contribution in [0.5, 0.6) is 0 Å². The molecule has 0 aliphatic heterocycles. The van der Waals surface area contributed by atoms with Gasteiger partial charge in [0.05, 0.1) is 6.04 Å². The number of hydrogen-bond acceptors (Lipinski definition) is 3. The highest BCUT2D eigenvalue weighted by Gasteiger charge is 2.10. The standard InChI is InChI=1S/C14H20Cl2N2O/c1-11(19)14(17)10-12-2-4-13(5-3-12)18(8-6-15)9-7-16/h2-5,14H,6-10,17H2,1H3/t14-/m0/s1. The molecule has 1 aromatic rings. The van der Waals surface area contributed by atoms with Crippen molar-refractivity contribution in [3.8, 4) is 0 Å². The summed E-state index contributed by atoms with van der Waals surface area (Å²) in [5.41, 5.74) is 7.89.